The lowest BCUT2D eigenvalue weighted by Gasteiger charge is -2.33. The number of anilines is 2. The van der Waals surface area contributed by atoms with Crippen LogP contribution < -0.4 is 20.3 Å². The van der Waals surface area contributed by atoms with Gasteiger partial charge in [0.1, 0.15) is 11.6 Å². The molecule has 4 rings (SSSR count). The van der Waals surface area contributed by atoms with Crippen LogP contribution in [-0.4, -0.2) is 24.1 Å². The highest BCUT2D eigenvalue weighted by molar-refractivity contribution is 6.01. The van der Waals surface area contributed by atoms with Gasteiger partial charge in [0.05, 0.1) is 12.2 Å². The molecular weight excluding hydrogens is 385 g/mol. The molecule has 2 aromatic rings. The fraction of sp³-hybridized carbons (Fsp3) is 0.391. The second-order valence-corrected chi connectivity index (χ2v) is 7.93. The van der Waals surface area contributed by atoms with Crippen LogP contribution in [0.3, 0.4) is 0 Å². The Morgan fingerprint density at radius 3 is 2.60 bits per heavy atom. The Balaban J connectivity index is 1.52. The third kappa shape index (κ3) is 4.56. The molecule has 1 fully saturated rings. The van der Waals surface area contributed by atoms with Gasteiger partial charge in [-0.05, 0) is 55.7 Å². The number of carbonyl (C=O) groups is 2. The quantitative estimate of drug-likeness (QED) is 0.773. The summed E-state index contributed by atoms with van der Waals surface area (Å²) in [4.78, 5) is 26.8. The largest absolute Gasteiger partial charge is 0.479 e. The Morgan fingerprint density at radius 1 is 1.13 bits per heavy atom. The summed E-state index contributed by atoms with van der Waals surface area (Å²) in [7, 11) is 0. The first-order valence-corrected chi connectivity index (χ1v) is 10.4. The van der Waals surface area contributed by atoms with E-state index in [-0.39, 0.29) is 30.3 Å². The number of benzene rings is 2. The maximum Gasteiger partial charge on any atom is 0.319 e. The Kier molecular flexibility index (Phi) is 5.88. The molecule has 0 saturated heterocycles. The summed E-state index contributed by atoms with van der Waals surface area (Å²) in [5.41, 5.74) is 1.97. The van der Waals surface area contributed by atoms with Gasteiger partial charge in [0.15, 0.2) is 6.10 Å². The van der Waals surface area contributed by atoms with Gasteiger partial charge in [-0.1, -0.05) is 31.4 Å². The molecule has 2 aromatic carbocycles. The number of halogens is 1. The lowest BCUT2D eigenvalue weighted by atomic mass is 9.96. The maximum atomic E-state index is 13.2. The molecule has 0 radical (unpaired) electrons. The number of ether oxygens (including phenoxy) is 1. The SMILES string of the molecule is CC1Oc2ccc(NC(=O)NC3CCCCC3)cc2N(Cc2ccc(F)cc2)C1=O. The van der Waals surface area contributed by atoms with Gasteiger partial charge in [0.2, 0.25) is 0 Å². The Labute approximate surface area is 175 Å². The van der Waals surface area contributed by atoms with Gasteiger partial charge in [-0.15, -0.1) is 0 Å². The normalized spacial score (nSPS) is 19.1. The van der Waals surface area contributed by atoms with E-state index in [1.165, 1.54) is 18.6 Å². The van der Waals surface area contributed by atoms with E-state index in [1.54, 1.807) is 42.2 Å². The van der Waals surface area contributed by atoms with E-state index in [9.17, 15) is 14.0 Å². The number of hydrogen-bond acceptors (Lipinski definition) is 3. The van der Waals surface area contributed by atoms with Crippen molar-refractivity contribution in [3.63, 3.8) is 0 Å². The molecule has 1 unspecified atom stereocenters. The second-order valence-electron chi connectivity index (χ2n) is 7.93. The number of rotatable bonds is 4. The smallest absolute Gasteiger partial charge is 0.319 e. The van der Waals surface area contributed by atoms with Crippen molar-refractivity contribution in [3.8, 4) is 5.75 Å². The van der Waals surface area contributed by atoms with Crippen LogP contribution in [0, 0.1) is 5.82 Å². The highest BCUT2D eigenvalue weighted by Gasteiger charge is 2.32. The van der Waals surface area contributed by atoms with Gasteiger partial charge >= 0.3 is 6.03 Å². The maximum absolute atomic E-state index is 13.2. The molecule has 6 nitrogen and oxygen atoms in total. The monoisotopic (exact) mass is 411 g/mol. The second kappa shape index (κ2) is 8.73. The summed E-state index contributed by atoms with van der Waals surface area (Å²) >= 11 is 0. The van der Waals surface area contributed by atoms with E-state index in [2.05, 4.69) is 10.6 Å². The molecule has 158 valence electrons. The zero-order chi connectivity index (χ0) is 21.1. The van der Waals surface area contributed by atoms with Gasteiger partial charge in [0, 0.05) is 11.7 Å². The van der Waals surface area contributed by atoms with Crippen molar-refractivity contribution in [2.75, 3.05) is 10.2 Å². The molecule has 1 atom stereocenters. The molecule has 2 aliphatic rings. The molecule has 7 heteroatoms. The molecule has 1 aliphatic carbocycles. The van der Waals surface area contributed by atoms with E-state index in [1.807, 2.05) is 0 Å². The first kappa shape index (κ1) is 20.2. The van der Waals surface area contributed by atoms with Crippen LogP contribution in [0.4, 0.5) is 20.6 Å². The first-order chi connectivity index (χ1) is 14.5. The van der Waals surface area contributed by atoms with E-state index >= 15 is 0 Å². The summed E-state index contributed by atoms with van der Waals surface area (Å²) in [6.45, 7) is 1.99. The Morgan fingerprint density at radius 2 is 1.87 bits per heavy atom. The third-order valence-electron chi connectivity index (χ3n) is 5.62. The van der Waals surface area contributed by atoms with Crippen molar-refractivity contribution in [1.29, 1.82) is 0 Å². The molecule has 1 saturated carbocycles. The number of carbonyl (C=O) groups excluding carboxylic acids is 2. The number of fused-ring (bicyclic) bond motifs is 1. The molecule has 3 amide bonds. The van der Waals surface area contributed by atoms with Crippen LogP contribution in [0.25, 0.3) is 0 Å². The summed E-state index contributed by atoms with van der Waals surface area (Å²) in [6, 6.07) is 11.3. The third-order valence-corrected chi connectivity index (χ3v) is 5.62. The van der Waals surface area contributed by atoms with Gasteiger partial charge in [-0.2, -0.15) is 0 Å². The van der Waals surface area contributed by atoms with Crippen molar-refractivity contribution >= 4 is 23.3 Å². The highest BCUT2D eigenvalue weighted by atomic mass is 19.1. The van der Waals surface area contributed by atoms with Crippen molar-refractivity contribution < 1.29 is 18.7 Å². The predicted octanol–water partition coefficient (Wildman–Crippen LogP) is 4.59. The molecule has 0 bridgehead atoms. The Hall–Kier alpha value is -3.09. The van der Waals surface area contributed by atoms with Crippen molar-refractivity contribution in [2.45, 2.75) is 57.7 Å². The van der Waals surface area contributed by atoms with Crippen molar-refractivity contribution in [2.24, 2.45) is 0 Å². The molecule has 30 heavy (non-hydrogen) atoms. The standard InChI is InChI=1S/C23H26FN3O3/c1-15-22(28)27(14-16-7-9-17(24)10-8-16)20-13-19(11-12-21(20)30-15)26-23(29)25-18-5-3-2-4-6-18/h7-13,15,18H,2-6,14H2,1H3,(H2,25,26,29). The average Bonchev–Trinajstić information content (AvgIpc) is 2.74. The topological polar surface area (TPSA) is 70.7 Å². The minimum absolute atomic E-state index is 0.185. The van der Waals surface area contributed by atoms with E-state index in [0.717, 1.165) is 31.2 Å². The molecular formula is C23H26FN3O3. The lowest BCUT2D eigenvalue weighted by molar-refractivity contribution is -0.125. The van der Waals surface area contributed by atoms with Gasteiger partial charge in [0.25, 0.3) is 5.91 Å². The van der Waals surface area contributed by atoms with Crippen LogP contribution in [0.2, 0.25) is 0 Å². The van der Waals surface area contributed by atoms with E-state index in [4.69, 9.17) is 4.74 Å². The van der Waals surface area contributed by atoms with Crippen LogP contribution in [0.15, 0.2) is 42.5 Å². The van der Waals surface area contributed by atoms with Crippen LogP contribution >= 0.6 is 0 Å². The van der Waals surface area contributed by atoms with Gasteiger partial charge < -0.3 is 20.3 Å². The number of hydrogen-bond donors (Lipinski definition) is 2. The summed E-state index contributed by atoms with van der Waals surface area (Å²) < 4.78 is 19.0. The molecule has 0 aromatic heterocycles. The minimum Gasteiger partial charge on any atom is -0.479 e. The van der Waals surface area contributed by atoms with E-state index in [0.29, 0.717) is 17.1 Å². The number of amides is 3. The van der Waals surface area contributed by atoms with Crippen molar-refractivity contribution in [3.05, 3.63) is 53.8 Å². The molecule has 1 aliphatic heterocycles. The van der Waals surface area contributed by atoms with Crippen LogP contribution in [-0.2, 0) is 11.3 Å². The minimum atomic E-state index is -0.619. The van der Waals surface area contributed by atoms with Gasteiger partial charge in [-0.3, -0.25) is 4.79 Å². The number of nitrogens with zero attached hydrogens (tertiary/aromatic N) is 1. The molecule has 0 spiro atoms. The van der Waals surface area contributed by atoms with Crippen molar-refractivity contribution in [1.82, 2.24) is 5.32 Å². The van der Waals surface area contributed by atoms with Crippen LogP contribution in [0.1, 0.15) is 44.6 Å². The average molecular weight is 411 g/mol. The summed E-state index contributed by atoms with van der Waals surface area (Å²) in [5.74, 6) is 0.0642. The molecule has 2 N–H and O–H groups in total. The number of urea groups is 1. The predicted molar refractivity (Wildman–Crippen MR) is 113 cm³/mol. The summed E-state index contributed by atoms with van der Waals surface area (Å²) in [5, 5.41) is 5.89. The lowest BCUT2D eigenvalue weighted by Crippen LogP contribution is -2.44. The zero-order valence-corrected chi connectivity index (χ0v) is 17.0. The zero-order valence-electron chi connectivity index (χ0n) is 17.0. The van der Waals surface area contributed by atoms with Gasteiger partial charge in [-0.25, -0.2) is 9.18 Å². The molecule has 1 heterocycles. The fourth-order valence-electron chi connectivity index (χ4n) is 4.02. The fourth-order valence-corrected chi connectivity index (χ4v) is 4.02. The Bertz CT molecular complexity index is 926. The van der Waals surface area contributed by atoms with E-state index < -0.39 is 6.10 Å². The first-order valence-electron chi connectivity index (χ1n) is 10.4. The summed E-state index contributed by atoms with van der Waals surface area (Å²) in [6.07, 6.45) is 4.89. The number of nitrogens with one attached hydrogen (secondary N) is 2. The highest BCUT2D eigenvalue weighted by Crippen LogP contribution is 2.37. The van der Waals surface area contributed by atoms with Crippen LogP contribution in [0.5, 0.6) is 5.75 Å².